The van der Waals surface area contributed by atoms with Crippen LogP contribution >= 0.6 is 23.2 Å². The second-order valence-electron chi connectivity index (χ2n) is 6.12. The molecule has 27 heavy (non-hydrogen) atoms. The average Bonchev–Trinajstić information content (AvgIpc) is 3.18. The van der Waals surface area contributed by atoms with Crippen LogP contribution in [0.25, 0.3) is 0 Å². The van der Waals surface area contributed by atoms with E-state index in [0.29, 0.717) is 30.1 Å². The third-order valence-electron chi connectivity index (χ3n) is 4.25. The van der Waals surface area contributed by atoms with E-state index in [4.69, 9.17) is 27.9 Å². The average molecular weight is 410 g/mol. The van der Waals surface area contributed by atoms with E-state index in [1.807, 2.05) is 18.2 Å². The number of likely N-dealkylation sites (tertiary alicyclic amines) is 1. The Bertz CT molecular complexity index is 910. The monoisotopic (exact) mass is 409 g/mol. The predicted octanol–water partition coefficient (Wildman–Crippen LogP) is 2.85. The number of hydrogen-bond donors (Lipinski definition) is 0. The van der Waals surface area contributed by atoms with E-state index in [-0.39, 0.29) is 23.2 Å². The molecule has 0 spiro atoms. The SMILES string of the molecule is Cc1nn(Cc2ccccc2Cl)c(Cl)c1C(=O)OCC(=O)N1CCCC1=O. The summed E-state index contributed by atoms with van der Waals surface area (Å²) >= 11 is 12.4. The molecule has 1 saturated heterocycles. The second-order valence-corrected chi connectivity index (χ2v) is 6.88. The molecule has 2 heterocycles. The van der Waals surface area contributed by atoms with E-state index in [9.17, 15) is 14.4 Å². The lowest BCUT2D eigenvalue weighted by Crippen LogP contribution is -2.35. The molecule has 1 aliphatic rings. The molecule has 0 N–H and O–H groups in total. The highest BCUT2D eigenvalue weighted by atomic mass is 35.5. The van der Waals surface area contributed by atoms with Gasteiger partial charge in [0, 0.05) is 18.0 Å². The highest BCUT2D eigenvalue weighted by Gasteiger charge is 2.28. The van der Waals surface area contributed by atoms with Crippen molar-refractivity contribution >= 4 is 41.0 Å². The van der Waals surface area contributed by atoms with Gasteiger partial charge in [0.15, 0.2) is 6.61 Å². The van der Waals surface area contributed by atoms with Gasteiger partial charge < -0.3 is 4.74 Å². The molecule has 0 bridgehead atoms. The second kappa shape index (κ2) is 8.10. The van der Waals surface area contributed by atoms with Gasteiger partial charge in [-0.05, 0) is 25.0 Å². The first-order valence-corrected chi connectivity index (χ1v) is 9.10. The number of aryl methyl sites for hydroxylation is 1. The van der Waals surface area contributed by atoms with Gasteiger partial charge in [0.1, 0.15) is 10.7 Å². The summed E-state index contributed by atoms with van der Waals surface area (Å²) in [6.45, 7) is 1.74. The zero-order valence-corrected chi connectivity index (χ0v) is 16.1. The smallest absolute Gasteiger partial charge is 0.343 e. The van der Waals surface area contributed by atoms with E-state index in [2.05, 4.69) is 5.10 Å². The van der Waals surface area contributed by atoms with Gasteiger partial charge in [0.05, 0.1) is 12.2 Å². The topological polar surface area (TPSA) is 81.5 Å². The van der Waals surface area contributed by atoms with Crippen LogP contribution in [0.3, 0.4) is 0 Å². The minimum Gasteiger partial charge on any atom is -0.452 e. The van der Waals surface area contributed by atoms with Crippen molar-refractivity contribution in [2.45, 2.75) is 26.3 Å². The lowest BCUT2D eigenvalue weighted by molar-refractivity contribution is -0.143. The molecule has 2 amide bonds. The number of esters is 1. The molecule has 1 aromatic carbocycles. The third-order valence-corrected chi connectivity index (χ3v) is 5.00. The fraction of sp³-hybridized carbons (Fsp3) is 0.333. The van der Waals surface area contributed by atoms with Crippen molar-refractivity contribution in [3.63, 3.8) is 0 Å². The number of halogens is 2. The summed E-state index contributed by atoms with van der Waals surface area (Å²) in [5.74, 6) is -1.55. The van der Waals surface area contributed by atoms with Gasteiger partial charge in [0.2, 0.25) is 5.91 Å². The Balaban J connectivity index is 1.70. The van der Waals surface area contributed by atoms with Gasteiger partial charge in [0.25, 0.3) is 5.91 Å². The Morgan fingerprint density at radius 3 is 2.67 bits per heavy atom. The zero-order valence-electron chi connectivity index (χ0n) is 14.6. The molecule has 1 aromatic heterocycles. The highest BCUT2D eigenvalue weighted by Crippen LogP contribution is 2.24. The van der Waals surface area contributed by atoms with Gasteiger partial charge in [-0.1, -0.05) is 41.4 Å². The Morgan fingerprint density at radius 1 is 1.26 bits per heavy atom. The summed E-state index contributed by atoms with van der Waals surface area (Å²) in [4.78, 5) is 37.0. The maximum Gasteiger partial charge on any atom is 0.343 e. The number of benzene rings is 1. The summed E-state index contributed by atoms with van der Waals surface area (Å²) in [5.41, 5.74) is 1.26. The van der Waals surface area contributed by atoms with Crippen molar-refractivity contribution < 1.29 is 19.1 Å². The minimum absolute atomic E-state index is 0.0873. The van der Waals surface area contributed by atoms with Crippen LogP contribution in [0.5, 0.6) is 0 Å². The van der Waals surface area contributed by atoms with Crippen LogP contribution < -0.4 is 0 Å². The molecule has 1 fully saturated rings. The van der Waals surface area contributed by atoms with E-state index in [0.717, 1.165) is 10.5 Å². The van der Waals surface area contributed by atoms with Crippen molar-refractivity contribution in [2.75, 3.05) is 13.2 Å². The molecule has 7 nitrogen and oxygen atoms in total. The van der Waals surface area contributed by atoms with Crippen LogP contribution in [0.4, 0.5) is 0 Å². The van der Waals surface area contributed by atoms with Crippen LogP contribution in [0, 0.1) is 6.92 Å². The number of aromatic nitrogens is 2. The Kier molecular flexibility index (Phi) is 5.82. The molecule has 0 radical (unpaired) electrons. The number of hydrogen-bond acceptors (Lipinski definition) is 5. The summed E-state index contributed by atoms with van der Waals surface area (Å²) in [6.07, 6.45) is 0.956. The fourth-order valence-electron chi connectivity index (χ4n) is 2.87. The first kappa shape index (κ1) is 19.4. The van der Waals surface area contributed by atoms with Crippen LogP contribution in [0.15, 0.2) is 24.3 Å². The van der Waals surface area contributed by atoms with Crippen molar-refractivity contribution in [2.24, 2.45) is 0 Å². The number of rotatable bonds is 5. The highest BCUT2D eigenvalue weighted by molar-refractivity contribution is 6.33. The normalized spacial score (nSPS) is 13.9. The Hall–Kier alpha value is -2.38. The van der Waals surface area contributed by atoms with Gasteiger partial charge in [-0.25, -0.2) is 9.48 Å². The number of ether oxygens (including phenoxy) is 1. The molecule has 142 valence electrons. The zero-order chi connectivity index (χ0) is 19.6. The maximum atomic E-state index is 12.4. The van der Waals surface area contributed by atoms with Gasteiger partial charge >= 0.3 is 5.97 Å². The van der Waals surface area contributed by atoms with Crippen molar-refractivity contribution in [3.05, 3.63) is 51.3 Å². The van der Waals surface area contributed by atoms with E-state index in [1.165, 1.54) is 4.68 Å². The summed E-state index contributed by atoms with van der Waals surface area (Å²) in [7, 11) is 0. The molecule has 1 aliphatic heterocycles. The van der Waals surface area contributed by atoms with Crippen LogP contribution in [-0.2, 0) is 20.9 Å². The first-order valence-electron chi connectivity index (χ1n) is 8.35. The predicted molar refractivity (Wildman–Crippen MR) is 98.8 cm³/mol. The maximum absolute atomic E-state index is 12.4. The van der Waals surface area contributed by atoms with Crippen molar-refractivity contribution in [1.82, 2.24) is 14.7 Å². The molecule has 3 rings (SSSR count). The largest absolute Gasteiger partial charge is 0.452 e. The van der Waals surface area contributed by atoms with Crippen molar-refractivity contribution in [3.8, 4) is 0 Å². The third kappa shape index (κ3) is 4.14. The quantitative estimate of drug-likeness (QED) is 0.709. The van der Waals surface area contributed by atoms with Crippen molar-refractivity contribution in [1.29, 1.82) is 0 Å². The summed E-state index contributed by atoms with van der Waals surface area (Å²) in [6, 6.07) is 7.24. The van der Waals surface area contributed by atoms with Crippen LogP contribution in [0.1, 0.15) is 34.5 Å². The number of imide groups is 1. The van der Waals surface area contributed by atoms with Gasteiger partial charge in [-0.15, -0.1) is 0 Å². The fourth-order valence-corrected chi connectivity index (χ4v) is 3.37. The molecular weight excluding hydrogens is 393 g/mol. The standard InChI is InChI=1S/C18H17Cl2N3O4/c1-11-16(18(26)27-10-15(25)22-8-4-7-14(22)24)17(20)23(21-11)9-12-5-2-3-6-13(12)19/h2-3,5-6H,4,7-10H2,1H3. The first-order chi connectivity index (χ1) is 12.9. The lowest BCUT2D eigenvalue weighted by atomic mass is 10.2. The molecule has 0 atom stereocenters. The van der Waals surface area contributed by atoms with Gasteiger partial charge in [-0.3, -0.25) is 14.5 Å². The molecule has 0 unspecified atom stereocenters. The molecule has 2 aromatic rings. The minimum atomic E-state index is -0.761. The number of carbonyl (C=O) groups is 3. The van der Waals surface area contributed by atoms with E-state index >= 15 is 0 Å². The lowest BCUT2D eigenvalue weighted by Gasteiger charge is -2.13. The molecule has 9 heteroatoms. The van der Waals surface area contributed by atoms with E-state index < -0.39 is 18.5 Å². The number of amides is 2. The Morgan fingerprint density at radius 2 is 2.00 bits per heavy atom. The Labute approximate surface area is 165 Å². The number of carbonyl (C=O) groups excluding carboxylic acids is 3. The number of nitrogens with zero attached hydrogens (tertiary/aromatic N) is 3. The molecular formula is C18H17Cl2N3O4. The van der Waals surface area contributed by atoms with Gasteiger partial charge in [-0.2, -0.15) is 5.10 Å². The summed E-state index contributed by atoms with van der Waals surface area (Å²) < 4.78 is 6.50. The molecule has 0 aliphatic carbocycles. The molecule has 0 saturated carbocycles. The van der Waals surface area contributed by atoms with E-state index in [1.54, 1.807) is 13.0 Å². The van der Waals surface area contributed by atoms with Crippen LogP contribution in [-0.4, -0.2) is 45.6 Å². The van der Waals surface area contributed by atoms with Crippen LogP contribution in [0.2, 0.25) is 10.2 Å². The summed E-state index contributed by atoms with van der Waals surface area (Å²) in [5, 5.41) is 4.92.